The highest BCUT2D eigenvalue weighted by atomic mass is 16.5. The Kier molecular flexibility index (Phi) is 5.81. The predicted octanol–water partition coefficient (Wildman–Crippen LogP) is 0.700. The zero-order valence-electron chi connectivity index (χ0n) is 17.7. The summed E-state index contributed by atoms with van der Waals surface area (Å²) in [4.78, 5) is 52.4. The van der Waals surface area contributed by atoms with Crippen molar-refractivity contribution in [2.45, 2.75) is 63.8 Å². The summed E-state index contributed by atoms with van der Waals surface area (Å²) < 4.78 is 6.02. The van der Waals surface area contributed by atoms with Crippen LogP contribution in [0.1, 0.15) is 60.2 Å². The first kappa shape index (κ1) is 21.5. The largest absolute Gasteiger partial charge is 0.490 e. The number of aliphatic hydroxyl groups is 1. The summed E-state index contributed by atoms with van der Waals surface area (Å²) in [5, 5.41) is 11.4. The molecule has 2 fully saturated rings. The van der Waals surface area contributed by atoms with E-state index in [9.17, 15) is 24.3 Å². The van der Waals surface area contributed by atoms with Gasteiger partial charge in [0.05, 0.1) is 17.7 Å². The van der Waals surface area contributed by atoms with E-state index in [1.165, 1.54) is 0 Å². The second-order valence-electron chi connectivity index (χ2n) is 8.57. The van der Waals surface area contributed by atoms with E-state index in [4.69, 9.17) is 4.74 Å². The van der Waals surface area contributed by atoms with Crippen LogP contribution in [0.25, 0.3) is 0 Å². The molecule has 4 amide bonds. The van der Waals surface area contributed by atoms with E-state index >= 15 is 0 Å². The van der Waals surface area contributed by atoms with Crippen molar-refractivity contribution in [3.63, 3.8) is 0 Å². The minimum Gasteiger partial charge on any atom is -0.490 e. The number of carbonyl (C=O) groups is 4. The minimum absolute atomic E-state index is 0.00133. The number of nitrogens with one attached hydrogen (secondary N) is 1. The number of fused-ring (bicyclic) bond motifs is 1. The van der Waals surface area contributed by atoms with Gasteiger partial charge in [0.2, 0.25) is 11.8 Å². The van der Waals surface area contributed by atoms with Crippen LogP contribution in [0.2, 0.25) is 0 Å². The van der Waals surface area contributed by atoms with Crippen molar-refractivity contribution in [3.8, 4) is 5.75 Å². The highest BCUT2D eigenvalue weighted by Gasteiger charge is 2.45. The third kappa shape index (κ3) is 3.95. The molecule has 0 spiro atoms. The lowest BCUT2D eigenvalue weighted by Crippen LogP contribution is -2.54. The lowest BCUT2D eigenvalue weighted by molar-refractivity contribution is -0.136. The molecule has 4 rings (SSSR count). The Morgan fingerprint density at radius 2 is 1.87 bits per heavy atom. The van der Waals surface area contributed by atoms with Crippen molar-refractivity contribution in [3.05, 3.63) is 29.3 Å². The van der Waals surface area contributed by atoms with Gasteiger partial charge in [-0.3, -0.25) is 34.3 Å². The van der Waals surface area contributed by atoms with Crippen molar-refractivity contribution in [1.29, 1.82) is 0 Å². The fourth-order valence-electron chi connectivity index (χ4n) is 4.60. The summed E-state index contributed by atoms with van der Waals surface area (Å²) in [5.74, 6) is -1.59. The molecular weight excluding hydrogens is 402 g/mol. The van der Waals surface area contributed by atoms with Crippen LogP contribution in [0, 0.1) is 0 Å². The number of imide groups is 2. The van der Waals surface area contributed by atoms with Crippen molar-refractivity contribution >= 4 is 23.6 Å². The van der Waals surface area contributed by atoms with E-state index in [2.05, 4.69) is 24.1 Å². The third-order valence-electron chi connectivity index (χ3n) is 6.27. The average Bonchev–Trinajstić information content (AvgIpc) is 2.93. The number of rotatable bonds is 7. The molecule has 1 atom stereocenters. The molecule has 2 N–H and O–H groups in total. The van der Waals surface area contributed by atoms with Gasteiger partial charge in [-0.2, -0.15) is 0 Å². The predicted molar refractivity (Wildman–Crippen MR) is 109 cm³/mol. The Balaban J connectivity index is 1.42. The number of carbonyl (C=O) groups excluding carboxylic acids is 4. The molecule has 1 unspecified atom stereocenters. The molecule has 0 aromatic heterocycles. The number of benzene rings is 1. The van der Waals surface area contributed by atoms with Crippen LogP contribution in [-0.4, -0.2) is 75.9 Å². The third-order valence-corrected chi connectivity index (χ3v) is 6.27. The van der Waals surface area contributed by atoms with Crippen LogP contribution >= 0.6 is 0 Å². The minimum atomic E-state index is -0.976. The van der Waals surface area contributed by atoms with Crippen LogP contribution in [-0.2, 0) is 9.59 Å². The standard InChI is InChI=1S/C22H27N3O6/c1-12(2)24(7-8-26)13-9-15(10-13)31-14-3-4-16-17(11-14)22(30)25(21(16)29)18-5-6-19(27)23-20(18)28/h3-4,11-13,15,18,26H,5-10H2,1-2H3,(H,23,27,28). The molecule has 0 radical (unpaired) electrons. The average molecular weight is 429 g/mol. The molecule has 1 saturated heterocycles. The van der Waals surface area contributed by atoms with E-state index in [1.54, 1.807) is 18.2 Å². The molecule has 166 valence electrons. The molecule has 31 heavy (non-hydrogen) atoms. The summed E-state index contributed by atoms with van der Waals surface area (Å²) in [6.07, 6.45) is 1.87. The van der Waals surface area contributed by atoms with Gasteiger partial charge in [0, 0.05) is 37.9 Å². The quantitative estimate of drug-likeness (QED) is 0.613. The Labute approximate surface area is 180 Å². The van der Waals surface area contributed by atoms with Crippen molar-refractivity contribution in [2.24, 2.45) is 0 Å². The van der Waals surface area contributed by atoms with Crippen molar-refractivity contribution in [1.82, 2.24) is 15.1 Å². The zero-order chi connectivity index (χ0) is 22.3. The first-order valence-corrected chi connectivity index (χ1v) is 10.7. The first-order chi connectivity index (χ1) is 14.8. The topological polar surface area (TPSA) is 116 Å². The number of piperidine rings is 1. The van der Waals surface area contributed by atoms with Gasteiger partial charge >= 0.3 is 0 Å². The number of amides is 4. The summed E-state index contributed by atoms with van der Waals surface area (Å²) in [5.41, 5.74) is 0.453. The number of aliphatic hydroxyl groups excluding tert-OH is 1. The fourth-order valence-corrected chi connectivity index (χ4v) is 4.60. The van der Waals surface area contributed by atoms with Gasteiger partial charge in [0.15, 0.2) is 0 Å². The second-order valence-corrected chi connectivity index (χ2v) is 8.57. The van der Waals surface area contributed by atoms with Crippen LogP contribution in [0.3, 0.4) is 0 Å². The molecule has 2 aliphatic heterocycles. The van der Waals surface area contributed by atoms with Gasteiger partial charge in [-0.05, 0) is 38.5 Å². The van der Waals surface area contributed by atoms with Gasteiger partial charge in [-0.15, -0.1) is 0 Å². The van der Waals surface area contributed by atoms with E-state index < -0.39 is 29.7 Å². The van der Waals surface area contributed by atoms with Crippen LogP contribution in [0.5, 0.6) is 5.75 Å². The molecule has 2 heterocycles. The molecule has 0 bridgehead atoms. The number of hydrogen-bond acceptors (Lipinski definition) is 7. The number of hydrogen-bond donors (Lipinski definition) is 2. The summed E-state index contributed by atoms with van der Waals surface area (Å²) in [6.45, 7) is 4.94. The zero-order valence-corrected chi connectivity index (χ0v) is 17.7. The Bertz CT molecular complexity index is 924. The van der Waals surface area contributed by atoms with Gasteiger partial charge in [0.25, 0.3) is 11.8 Å². The van der Waals surface area contributed by atoms with Crippen LogP contribution in [0.4, 0.5) is 0 Å². The van der Waals surface area contributed by atoms with Crippen molar-refractivity contribution < 1.29 is 29.0 Å². The molecule has 1 aliphatic carbocycles. The normalized spacial score (nSPS) is 25.7. The number of ether oxygens (including phenoxy) is 1. The van der Waals surface area contributed by atoms with Crippen LogP contribution in [0.15, 0.2) is 18.2 Å². The van der Waals surface area contributed by atoms with Crippen LogP contribution < -0.4 is 10.1 Å². The maximum atomic E-state index is 12.9. The molecule has 9 heteroatoms. The number of nitrogens with zero attached hydrogens (tertiary/aromatic N) is 2. The van der Waals surface area contributed by atoms with E-state index in [0.29, 0.717) is 24.4 Å². The first-order valence-electron chi connectivity index (χ1n) is 10.7. The molecule has 3 aliphatic rings. The lowest BCUT2D eigenvalue weighted by Gasteiger charge is -2.44. The molecule has 1 aromatic rings. The molecular formula is C22H27N3O6. The summed E-state index contributed by atoms with van der Waals surface area (Å²) in [7, 11) is 0. The van der Waals surface area contributed by atoms with Crippen molar-refractivity contribution in [2.75, 3.05) is 13.2 Å². The SMILES string of the molecule is CC(C)N(CCO)C1CC(Oc2ccc3c(c2)C(=O)N(C2CCC(=O)NC2=O)C3=O)C1. The van der Waals surface area contributed by atoms with E-state index in [1.807, 2.05) is 0 Å². The summed E-state index contributed by atoms with van der Waals surface area (Å²) >= 11 is 0. The lowest BCUT2D eigenvalue weighted by atomic mass is 9.87. The molecule has 1 aromatic carbocycles. The smallest absolute Gasteiger partial charge is 0.262 e. The Morgan fingerprint density at radius 1 is 1.16 bits per heavy atom. The fraction of sp³-hybridized carbons (Fsp3) is 0.545. The monoisotopic (exact) mass is 429 g/mol. The maximum absolute atomic E-state index is 12.9. The van der Waals surface area contributed by atoms with Gasteiger partial charge < -0.3 is 9.84 Å². The van der Waals surface area contributed by atoms with Gasteiger partial charge in [-0.25, -0.2) is 0 Å². The second kappa shape index (κ2) is 8.39. The molecule has 1 saturated carbocycles. The van der Waals surface area contributed by atoms with Gasteiger partial charge in [0.1, 0.15) is 17.9 Å². The van der Waals surface area contributed by atoms with E-state index in [0.717, 1.165) is 17.7 Å². The molecule has 9 nitrogen and oxygen atoms in total. The van der Waals surface area contributed by atoms with E-state index in [-0.39, 0.29) is 36.7 Å². The van der Waals surface area contributed by atoms with Gasteiger partial charge in [-0.1, -0.05) is 0 Å². The Hall–Kier alpha value is -2.78. The highest BCUT2D eigenvalue weighted by Crippen LogP contribution is 2.34. The Morgan fingerprint density at radius 3 is 2.52 bits per heavy atom. The maximum Gasteiger partial charge on any atom is 0.262 e. The highest BCUT2D eigenvalue weighted by molar-refractivity contribution is 6.23. The summed E-state index contributed by atoms with van der Waals surface area (Å²) in [6, 6.07) is 4.48.